The van der Waals surface area contributed by atoms with E-state index < -0.39 is 5.97 Å². The largest absolute Gasteiger partial charge is 0.481 e. The zero-order valence-electron chi connectivity index (χ0n) is 13.7. The first-order valence-corrected chi connectivity index (χ1v) is 7.58. The van der Waals surface area contributed by atoms with Crippen LogP contribution in [0.1, 0.15) is 60.3 Å². The predicted octanol–water partition coefficient (Wildman–Crippen LogP) is 3.66. The van der Waals surface area contributed by atoms with Gasteiger partial charge in [-0.25, -0.2) is 0 Å². The zero-order valence-corrected chi connectivity index (χ0v) is 13.7. The molecule has 0 radical (unpaired) electrons. The van der Waals surface area contributed by atoms with Crippen LogP contribution in [-0.4, -0.2) is 17.6 Å². The van der Waals surface area contributed by atoms with Gasteiger partial charge < -0.3 is 10.8 Å². The lowest BCUT2D eigenvalue weighted by molar-refractivity contribution is -0.138. The molecule has 0 spiro atoms. The number of nitrogens with two attached hydrogens (primary N) is 1. The van der Waals surface area contributed by atoms with Gasteiger partial charge in [0.1, 0.15) is 0 Å². The molecule has 0 fully saturated rings. The molecule has 0 saturated carbocycles. The van der Waals surface area contributed by atoms with E-state index in [1.165, 1.54) is 0 Å². The van der Waals surface area contributed by atoms with Crippen molar-refractivity contribution in [2.24, 2.45) is 29.4 Å². The molecule has 118 valence electrons. The second kappa shape index (κ2) is 12.9. The number of hydrogen-bond donors (Lipinski definition) is 2. The van der Waals surface area contributed by atoms with Crippen LogP contribution in [0.15, 0.2) is 0 Å². The van der Waals surface area contributed by atoms with Crippen molar-refractivity contribution < 1.29 is 9.90 Å². The maximum absolute atomic E-state index is 10.3. The van der Waals surface area contributed by atoms with Crippen LogP contribution in [0, 0.1) is 35.0 Å². The minimum atomic E-state index is -0.749. The van der Waals surface area contributed by atoms with Crippen molar-refractivity contribution in [1.29, 1.82) is 5.26 Å². The Kier molecular flexibility index (Phi) is 13.7. The summed E-state index contributed by atoms with van der Waals surface area (Å²) in [5.74, 6) is 0.871. The highest BCUT2D eigenvalue weighted by molar-refractivity contribution is 5.67. The van der Waals surface area contributed by atoms with E-state index in [0.29, 0.717) is 18.4 Å². The van der Waals surface area contributed by atoms with E-state index >= 15 is 0 Å². The van der Waals surface area contributed by atoms with E-state index in [4.69, 9.17) is 16.1 Å². The van der Waals surface area contributed by atoms with Crippen molar-refractivity contribution in [2.45, 2.75) is 60.3 Å². The van der Waals surface area contributed by atoms with Crippen LogP contribution in [0.4, 0.5) is 0 Å². The van der Waals surface area contributed by atoms with Crippen molar-refractivity contribution >= 4 is 5.97 Å². The van der Waals surface area contributed by atoms with Crippen molar-refractivity contribution in [2.75, 3.05) is 6.54 Å². The first kappa shape index (κ1) is 21.2. The average molecular weight is 284 g/mol. The molecule has 0 aromatic carbocycles. The number of rotatable bonds is 8. The highest BCUT2D eigenvalue weighted by atomic mass is 16.4. The second-order valence-corrected chi connectivity index (χ2v) is 6.19. The van der Waals surface area contributed by atoms with Gasteiger partial charge in [0.25, 0.3) is 0 Å². The van der Waals surface area contributed by atoms with Crippen LogP contribution < -0.4 is 5.73 Å². The van der Waals surface area contributed by atoms with E-state index in [1.807, 2.05) is 0 Å². The number of carboxylic acid groups (broad SMARTS) is 1. The molecule has 2 atom stereocenters. The molecule has 0 rings (SSSR count). The molecular formula is C16H32N2O2. The standard InChI is InChI=1S/C8H17NO2.C8H15N/c1-6(2)3-7(5-9)4-8(10)11;1-4-8(6-9)5-7(2)3/h6-7H,3-5,9H2,1-2H3,(H,10,11);7-8H,4-5H2,1-3H3/t7-;8-/m01/s1. The van der Waals surface area contributed by atoms with Crippen LogP contribution in [0.3, 0.4) is 0 Å². The Morgan fingerprint density at radius 1 is 1.20 bits per heavy atom. The van der Waals surface area contributed by atoms with Gasteiger partial charge in [-0.05, 0) is 43.6 Å². The van der Waals surface area contributed by atoms with Crippen LogP contribution in [0.2, 0.25) is 0 Å². The highest BCUT2D eigenvalue weighted by Gasteiger charge is 2.12. The van der Waals surface area contributed by atoms with Crippen LogP contribution in [0.5, 0.6) is 0 Å². The van der Waals surface area contributed by atoms with E-state index in [9.17, 15) is 4.79 Å². The van der Waals surface area contributed by atoms with Gasteiger partial charge >= 0.3 is 5.97 Å². The number of hydrogen-bond acceptors (Lipinski definition) is 3. The summed E-state index contributed by atoms with van der Waals surface area (Å²) in [6, 6.07) is 2.28. The summed E-state index contributed by atoms with van der Waals surface area (Å²) in [5, 5.41) is 17.0. The van der Waals surface area contributed by atoms with Crippen molar-refractivity contribution in [1.82, 2.24) is 0 Å². The molecule has 0 unspecified atom stereocenters. The van der Waals surface area contributed by atoms with Gasteiger partial charge in [-0.1, -0.05) is 34.6 Å². The lowest BCUT2D eigenvalue weighted by atomic mass is 9.94. The summed E-state index contributed by atoms with van der Waals surface area (Å²) in [6.07, 6.45) is 3.15. The molecule has 0 amide bonds. The molecule has 0 heterocycles. The summed E-state index contributed by atoms with van der Waals surface area (Å²) in [6.45, 7) is 11.0. The molecule has 0 bridgehead atoms. The fraction of sp³-hybridized carbons (Fsp3) is 0.875. The van der Waals surface area contributed by atoms with Gasteiger partial charge in [0.15, 0.2) is 0 Å². The van der Waals surface area contributed by atoms with Gasteiger partial charge in [0.05, 0.1) is 6.07 Å². The van der Waals surface area contributed by atoms with Crippen LogP contribution >= 0.6 is 0 Å². The Morgan fingerprint density at radius 2 is 1.70 bits per heavy atom. The molecule has 20 heavy (non-hydrogen) atoms. The third-order valence-corrected chi connectivity index (χ3v) is 3.03. The normalized spacial score (nSPS) is 13.3. The van der Waals surface area contributed by atoms with Crippen molar-refractivity contribution in [3.63, 3.8) is 0 Å². The fourth-order valence-corrected chi connectivity index (χ4v) is 2.06. The number of nitriles is 1. The summed E-state index contributed by atoms with van der Waals surface area (Å²) in [4.78, 5) is 10.3. The van der Waals surface area contributed by atoms with Crippen LogP contribution in [-0.2, 0) is 4.79 Å². The molecule has 0 aliphatic carbocycles. The predicted molar refractivity (Wildman–Crippen MR) is 83.1 cm³/mol. The Balaban J connectivity index is 0. The SMILES string of the molecule is CC(C)C[C@H](CN)CC(=O)O.CC[C@@H](C#N)CC(C)C. The third kappa shape index (κ3) is 15.0. The topological polar surface area (TPSA) is 87.1 Å². The molecule has 0 aliphatic rings. The number of carbonyl (C=O) groups is 1. The molecule has 3 N–H and O–H groups in total. The lowest BCUT2D eigenvalue weighted by Crippen LogP contribution is -2.19. The third-order valence-electron chi connectivity index (χ3n) is 3.03. The van der Waals surface area contributed by atoms with Gasteiger partial charge in [0.2, 0.25) is 0 Å². The maximum atomic E-state index is 10.3. The summed E-state index contributed by atoms with van der Waals surface area (Å²) >= 11 is 0. The minimum Gasteiger partial charge on any atom is -0.481 e. The summed E-state index contributed by atoms with van der Waals surface area (Å²) in [7, 11) is 0. The number of nitrogens with zero attached hydrogens (tertiary/aromatic N) is 1. The molecule has 4 heteroatoms. The fourth-order valence-electron chi connectivity index (χ4n) is 2.06. The number of aliphatic carboxylic acids is 1. The second-order valence-electron chi connectivity index (χ2n) is 6.19. The van der Waals surface area contributed by atoms with Gasteiger partial charge in [-0.2, -0.15) is 5.26 Å². The Labute approximate surface area is 124 Å². The van der Waals surface area contributed by atoms with E-state index in [-0.39, 0.29) is 18.3 Å². The first-order valence-electron chi connectivity index (χ1n) is 7.58. The molecule has 0 aliphatic heterocycles. The van der Waals surface area contributed by atoms with E-state index in [2.05, 4.69) is 40.7 Å². The monoisotopic (exact) mass is 284 g/mol. The van der Waals surface area contributed by atoms with Gasteiger partial charge in [-0.3, -0.25) is 4.79 Å². The molecule has 4 nitrogen and oxygen atoms in total. The van der Waals surface area contributed by atoms with Crippen molar-refractivity contribution in [3.8, 4) is 6.07 Å². The van der Waals surface area contributed by atoms with Crippen molar-refractivity contribution in [3.05, 3.63) is 0 Å². The summed E-state index contributed by atoms with van der Waals surface area (Å²) < 4.78 is 0. The van der Waals surface area contributed by atoms with E-state index in [0.717, 1.165) is 19.3 Å². The first-order chi connectivity index (χ1) is 9.26. The highest BCUT2D eigenvalue weighted by Crippen LogP contribution is 2.14. The molecule has 0 aromatic heterocycles. The Hall–Kier alpha value is -1.08. The zero-order chi connectivity index (χ0) is 16.1. The summed E-state index contributed by atoms with van der Waals surface area (Å²) in [5.41, 5.74) is 5.41. The molecular weight excluding hydrogens is 252 g/mol. The Morgan fingerprint density at radius 3 is 1.90 bits per heavy atom. The minimum absolute atomic E-state index is 0.146. The average Bonchev–Trinajstić information content (AvgIpc) is 2.34. The van der Waals surface area contributed by atoms with Crippen LogP contribution in [0.25, 0.3) is 0 Å². The molecule has 0 aromatic rings. The maximum Gasteiger partial charge on any atom is 0.303 e. The quantitative estimate of drug-likeness (QED) is 0.712. The number of carboxylic acids is 1. The van der Waals surface area contributed by atoms with Gasteiger partial charge in [0, 0.05) is 12.3 Å². The lowest BCUT2D eigenvalue weighted by Gasteiger charge is -2.13. The Bertz CT molecular complexity index is 283. The smallest absolute Gasteiger partial charge is 0.303 e. The molecule has 0 saturated heterocycles. The van der Waals surface area contributed by atoms with Gasteiger partial charge in [-0.15, -0.1) is 0 Å². The van der Waals surface area contributed by atoms with E-state index in [1.54, 1.807) is 0 Å².